The maximum absolute atomic E-state index is 2.22. The third kappa shape index (κ3) is 1.79. The number of para-hydroxylation sites is 1. The van der Waals surface area contributed by atoms with Crippen molar-refractivity contribution in [3.05, 3.63) is 29.8 Å². The van der Waals surface area contributed by atoms with E-state index >= 15 is 0 Å². The third-order valence-electron chi connectivity index (χ3n) is 2.04. The summed E-state index contributed by atoms with van der Waals surface area (Å²) in [5.74, 6) is 0.601. The van der Waals surface area contributed by atoms with Gasteiger partial charge in [-0.05, 0) is 17.5 Å². The molecular weight excluding hydrogens is 146 g/mol. The Hall–Kier alpha value is -0.980. The van der Waals surface area contributed by atoms with Crippen LogP contribution in [0.3, 0.4) is 0 Å². The summed E-state index contributed by atoms with van der Waals surface area (Å²) >= 11 is 0. The van der Waals surface area contributed by atoms with Crippen LogP contribution in [0.4, 0.5) is 5.69 Å². The van der Waals surface area contributed by atoms with Crippen molar-refractivity contribution in [1.29, 1.82) is 0 Å². The zero-order valence-electron chi connectivity index (χ0n) is 8.33. The molecule has 1 rings (SSSR count). The molecule has 0 bridgehead atoms. The van der Waals surface area contributed by atoms with Crippen LogP contribution in [0.15, 0.2) is 24.3 Å². The topological polar surface area (TPSA) is 3.24 Å². The molecule has 0 saturated heterocycles. The molecule has 66 valence electrons. The van der Waals surface area contributed by atoms with Gasteiger partial charge >= 0.3 is 0 Å². The van der Waals surface area contributed by atoms with Gasteiger partial charge in [-0.1, -0.05) is 32.0 Å². The molecule has 1 aromatic carbocycles. The Labute approximate surface area is 75.0 Å². The van der Waals surface area contributed by atoms with Crippen LogP contribution < -0.4 is 4.90 Å². The van der Waals surface area contributed by atoms with E-state index in [0.717, 1.165) is 0 Å². The van der Waals surface area contributed by atoms with Crippen molar-refractivity contribution in [3.63, 3.8) is 0 Å². The molecular formula is C11H17N. The number of anilines is 1. The fourth-order valence-electron chi connectivity index (χ4n) is 1.38. The quantitative estimate of drug-likeness (QED) is 0.648. The lowest BCUT2D eigenvalue weighted by atomic mass is 10.0. The highest BCUT2D eigenvalue weighted by atomic mass is 15.1. The minimum absolute atomic E-state index is 0.601. The lowest BCUT2D eigenvalue weighted by Gasteiger charge is -2.19. The van der Waals surface area contributed by atoms with Crippen LogP contribution >= 0.6 is 0 Å². The minimum Gasteiger partial charge on any atom is -0.377 e. The van der Waals surface area contributed by atoms with Crippen molar-refractivity contribution in [3.8, 4) is 0 Å². The van der Waals surface area contributed by atoms with E-state index in [2.05, 4.69) is 57.1 Å². The van der Waals surface area contributed by atoms with E-state index < -0.39 is 0 Å². The summed E-state index contributed by atoms with van der Waals surface area (Å²) in [5, 5.41) is 0. The summed E-state index contributed by atoms with van der Waals surface area (Å²) < 4.78 is 0. The number of benzene rings is 1. The van der Waals surface area contributed by atoms with Gasteiger partial charge in [-0.3, -0.25) is 0 Å². The number of rotatable bonds is 2. The SMILES string of the molecule is CC(C)c1ccccc1N(C)C. The van der Waals surface area contributed by atoms with Crippen molar-refractivity contribution in [2.75, 3.05) is 19.0 Å². The summed E-state index contributed by atoms with van der Waals surface area (Å²) in [7, 11) is 4.17. The summed E-state index contributed by atoms with van der Waals surface area (Å²) in [5.41, 5.74) is 2.75. The molecule has 0 aromatic heterocycles. The Bertz CT molecular complexity index is 224. The maximum Gasteiger partial charge on any atom is 0.0396 e. The molecule has 0 saturated carbocycles. The van der Waals surface area contributed by atoms with Gasteiger partial charge in [0.1, 0.15) is 0 Å². The Morgan fingerprint density at radius 1 is 1.08 bits per heavy atom. The molecule has 0 unspecified atom stereocenters. The molecule has 0 heterocycles. The molecule has 1 aromatic rings. The van der Waals surface area contributed by atoms with Gasteiger partial charge in [0.2, 0.25) is 0 Å². The summed E-state index contributed by atoms with van der Waals surface area (Å²) in [6.07, 6.45) is 0. The van der Waals surface area contributed by atoms with Gasteiger partial charge in [-0.2, -0.15) is 0 Å². The third-order valence-corrected chi connectivity index (χ3v) is 2.04. The average Bonchev–Trinajstić information content (AvgIpc) is 2.04. The van der Waals surface area contributed by atoms with Gasteiger partial charge in [0, 0.05) is 19.8 Å². The smallest absolute Gasteiger partial charge is 0.0396 e. The van der Waals surface area contributed by atoms with Gasteiger partial charge in [-0.15, -0.1) is 0 Å². The van der Waals surface area contributed by atoms with E-state index in [1.807, 2.05) is 0 Å². The van der Waals surface area contributed by atoms with Crippen molar-refractivity contribution >= 4 is 5.69 Å². The highest BCUT2D eigenvalue weighted by molar-refractivity contribution is 5.53. The van der Waals surface area contributed by atoms with Crippen LogP contribution in [0.5, 0.6) is 0 Å². The first kappa shape index (κ1) is 9.11. The lowest BCUT2D eigenvalue weighted by molar-refractivity contribution is 0.858. The van der Waals surface area contributed by atoms with Crippen LogP contribution in [-0.4, -0.2) is 14.1 Å². The molecule has 0 aliphatic rings. The first-order valence-electron chi connectivity index (χ1n) is 4.39. The highest BCUT2D eigenvalue weighted by Crippen LogP contribution is 2.25. The second kappa shape index (κ2) is 3.61. The van der Waals surface area contributed by atoms with E-state index in [-0.39, 0.29) is 0 Å². The summed E-state index contributed by atoms with van der Waals surface area (Å²) in [4.78, 5) is 2.16. The van der Waals surface area contributed by atoms with E-state index in [1.165, 1.54) is 11.3 Å². The lowest BCUT2D eigenvalue weighted by Crippen LogP contribution is -2.11. The van der Waals surface area contributed by atoms with Crippen molar-refractivity contribution in [2.45, 2.75) is 19.8 Å². The number of nitrogens with zero attached hydrogens (tertiary/aromatic N) is 1. The highest BCUT2D eigenvalue weighted by Gasteiger charge is 2.05. The fourth-order valence-corrected chi connectivity index (χ4v) is 1.38. The van der Waals surface area contributed by atoms with Crippen LogP contribution in [-0.2, 0) is 0 Å². The fraction of sp³-hybridized carbons (Fsp3) is 0.455. The molecule has 1 nitrogen and oxygen atoms in total. The largest absolute Gasteiger partial charge is 0.377 e. The minimum atomic E-state index is 0.601. The molecule has 0 fully saturated rings. The Morgan fingerprint density at radius 2 is 1.67 bits per heavy atom. The van der Waals surface area contributed by atoms with Gasteiger partial charge < -0.3 is 4.90 Å². The van der Waals surface area contributed by atoms with Crippen LogP contribution in [0.25, 0.3) is 0 Å². The molecule has 0 aliphatic carbocycles. The molecule has 0 spiro atoms. The molecule has 0 aliphatic heterocycles. The van der Waals surface area contributed by atoms with E-state index in [0.29, 0.717) is 5.92 Å². The Kier molecular flexibility index (Phi) is 2.74. The predicted octanol–water partition coefficient (Wildman–Crippen LogP) is 2.88. The molecule has 0 N–H and O–H groups in total. The first-order chi connectivity index (χ1) is 5.63. The monoisotopic (exact) mass is 163 g/mol. The summed E-state index contributed by atoms with van der Waals surface area (Å²) in [6.45, 7) is 4.45. The standard InChI is InChI=1S/C11H17N/c1-9(2)10-7-5-6-8-11(10)12(3)4/h5-9H,1-4H3. The normalized spacial score (nSPS) is 10.4. The predicted molar refractivity (Wildman–Crippen MR) is 54.9 cm³/mol. The van der Waals surface area contributed by atoms with Crippen molar-refractivity contribution < 1.29 is 0 Å². The molecule has 0 atom stereocenters. The Morgan fingerprint density at radius 3 is 2.08 bits per heavy atom. The zero-order chi connectivity index (χ0) is 9.14. The van der Waals surface area contributed by atoms with Gasteiger partial charge in [0.25, 0.3) is 0 Å². The molecule has 0 amide bonds. The Balaban J connectivity index is 3.09. The van der Waals surface area contributed by atoms with Crippen LogP contribution in [0.2, 0.25) is 0 Å². The van der Waals surface area contributed by atoms with E-state index in [9.17, 15) is 0 Å². The second-order valence-corrected chi connectivity index (χ2v) is 3.61. The van der Waals surface area contributed by atoms with Crippen molar-refractivity contribution in [2.24, 2.45) is 0 Å². The van der Waals surface area contributed by atoms with Crippen LogP contribution in [0, 0.1) is 0 Å². The first-order valence-corrected chi connectivity index (χ1v) is 4.39. The van der Waals surface area contributed by atoms with E-state index in [4.69, 9.17) is 0 Å². The average molecular weight is 163 g/mol. The molecule has 12 heavy (non-hydrogen) atoms. The maximum atomic E-state index is 2.22. The number of hydrogen-bond donors (Lipinski definition) is 0. The zero-order valence-corrected chi connectivity index (χ0v) is 8.33. The molecule has 0 radical (unpaired) electrons. The van der Waals surface area contributed by atoms with Crippen LogP contribution in [0.1, 0.15) is 25.3 Å². The molecule has 1 heteroatoms. The van der Waals surface area contributed by atoms with E-state index in [1.54, 1.807) is 0 Å². The summed E-state index contributed by atoms with van der Waals surface area (Å²) in [6, 6.07) is 8.54. The van der Waals surface area contributed by atoms with Crippen molar-refractivity contribution in [1.82, 2.24) is 0 Å². The second-order valence-electron chi connectivity index (χ2n) is 3.61. The van der Waals surface area contributed by atoms with Gasteiger partial charge in [0.05, 0.1) is 0 Å². The van der Waals surface area contributed by atoms with Gasteiger partial charge in [-0.25, -0.2) is 0 Å². The number of hydrogen-bond acceptors (Lipinski definition) is 1. The van der Waals surface area contributed by atoms with Gasteiger partial charge in [0.15, 0.2) is 0 Å².